The lowest BCUT2D eigenvalue weighted by molar-refractivity contribution is -0.170. The van der Waals surface area contributed by atoms with Crippen LogP contribution in [0, 0.1) is 6.92 Å². The molecule has 0 fully saturated rings. The number of halogens is 3. The molecule has 2 aromatic carbocycles. The van der Waals surface area contributed by atoms with Crippen molar-refractivity contribution < 1.29 is 31.9 Å². The molecule has 1 aromatic heterocycles. The standard InChI is InChI=1S/C20H19F3N2O4/c1-5-25(19(26)20(21,22)23)13-8-11(2)17-14(10-13)24-18(29-17)12-6-7-15(27-3)16(9-12)28-4/h6-10H,5H2,1-4H3. The van der Waals surface area contributed by atoms with Gasteiger partial charge >= 0.3 is 12.1 Å². The van der Waals surface area contributed by atoms with Gasteiger partial charge in [0.05, 0.1) is 14.2 Å². The van der Waals surface area contributed by atoms with Crippen molar-refractivity contribution in [3.63, 3.8) is 0 Å². The summed E-state index contributed by atoms with van der Waals surface area (Å²) < 4.78 is 55.0. The molecular formula is C20H19F3N2O4. The molecule has 0 radical (unpaired) electrons. The number of carbonyl (C=O) groups is 1. The molecule has 0 bridgehead atoms. The maximum Gasteiger partial charge on any atom is 0.471 e. The van der Waals surface area contributed by atoms with Crippen LogP contribution in [0.25, 0.3) is 22.6 Å². The molecule has 0 aliphatic rings. The summed E-state index contributed by atoms with van der Waals surface area (Å²) in [5.41, 5.74) is 2.04. The molecule has 6 nitrogen and oxygen atoms in total. The van der Waals surface area contributed by atoms with E-state index in [4.69, 9.17) is 13.9 Å². The number of hydrogen-bond acceptors (Lipinski definition) is 5. The SMILES string of the molecule is CCN(C(=O)C(F)(F)F)c1cc(C)c2oc(-c3ccc(OC)c(OC)c3)nc2c1. The van der Waals surface area contributed by atoms with Crippen LogP contribution in [0.3, 0.4) is 0 Å². The largest absolute Gasteiger partial charge is 0.493 e. The number of carbonyl (C=O) groups excluding carboxylic acids is 1. The van der Waals surface area contributed by atoms with E-state index in [2.05, 4.69) is 4.98 Å². The first-order valence-electron chi connectivity index (χ1n) is 8.71. The normalized spacial score (nSPS) is 11.6. The maximum absolute atomic E-state index is 12.9. The Labute approximate surface area is 164 Å². The Hall–Kier alpha value is -3.23. The van der Waals surface area contributed by atoms with Crippen LogP contribution in [0.15, 0.2) is 34.7 Å². The average Bonchev–Trinajstić information content (AvgIpc) is 3.12. The molecule has 154 valence electrons. The highest BCUT2D eigenvalue weighted by Crippen LogP contribution is 2.35. The predicted octanol–water partition coefficient (Wildman–Crippen LogP) is 4.74. The van der Waals surface area contributed by atoms with E-state index in [9.17, 15) is 18.0 Å². The Morgan fingerprint density at radius 3 is 2.41 bits per heavy atom. The Bertz CT molecular complexity index is 1060. The minimum absolute atomic E-state index is 0.104. The van der Waals surface area contributed by atoms with Crippen LogP contribution in [-0.4, -0.2) is 37.8 Å². The van der Waals surface area contributed by atoms with Crippen LogP contribution in [-0.2, 0) is 4.79 Å². The summed E-state index contributed by atoms with van der Waals surface area (Å²) in [5.74, 6) is -0.638. The fourth-order valence-electron chi connectivity index (χ4n) is 3.03. The molecule has 0 atom stereocenters. The smallest absolute Gasteiger partial charge is 0.471 e. The second kappa shape index (κ2) is 7.65. The van der Waals surface area contributed by atoms with E-state index in [0.29, 0.717) is 38.6 Å². The van der Waals surface area contributed by atoms with Crippen molar-refractivity contribution in [2.45, 2.75) is 20.0 Å². The lowest BCUT2D eigenvalue weighted by Crippen LogP contribution is -2.41. The zero-order valence-electron chi connectivity index (χ0n) is 16.3. The first-order valence-corrected chi connectivity index (χ1v) is 8.71. The fourth-order valence-corrected chi connectivity index (χ4v) is 3.03. The molecule has 0 unspecified atom stereocenters. The molecule has 1 heterocycles. The molecule has 0 spiro atoms. The van der Waals surface area contributed by atoms with Crippen molar-refractivity contribution in [1.29, 1.82) is 0 Å². The number of nitrogens with zero attached hydrogens (tertiary/aromatic N) is 2. The summed E-state index contributed by atoms with van der Waals surface area (Å²) in [4.78, 5) is 16.8. The van der Waals surface area contributed by atoms with Crippen LogP contribution in [0.4, 0.5) is 18.9 Å². The molecule has 1 amide bonds. The highest BCUT2D eigenvalue weighted by Gasteiger charge is 2.42. The van der Waals surface area contributed by atoms with E-state index in [1.54, 1.807) is 25.1 Å². The first kappa shape index (κ1) is 20.5. The number of amides is 1. The van der Waals surface area contributed by atoms with Gasteiger partial charge in [-0.2, -0.15) is 13.2 Å². The number of ether oxygens (including phenoxy) is 2. The van der Waals surface area contributed by atoms with Gasteiger partial charge in [0.2, 0.25) is 5.89 Å². The summed E-state index contributed by atoms with van der Waals surface area (Å²) in [5, 5.41) is 0. The highest BCUT2D eigenvalue weighted by atomic mass is 19.4. The van der Waals surface area contributed by atoms with Crippen molar-refractivity contribution in [2.75, 3.05) is 25.7 Å². The minimum Gasteiger partial charge on any atom is -0.493 e. The van der Waals surface area contributed by atoms with Crippen molar-refractivity contribution in [2.24, 2.45) is 0 Å². The quantitative estimate of drug-likeness (QED) is 0.610. The summed E-state index contributed by atoms with van der Waals surface area (Å²) in [6, 6.07) is 7.99. The lowest BCUT2D eigenvalue weighted by Gasteiger charge is -2.22. The maximum atomic E-state index is 12.9. The Balaban J connectivity index is 2.07. The number of aromatic nitrogens is 1. The summed E-state index contributed by atoms with van der Waals surface area (Å²) in [6.45, 7) is 3.02. The van der Waals surface area contributed by atoms with Gasteiger partial charge < -0.3 is 18.8 Å². The molecule has 0 N–H and O–H groups in total. The molecular weight excluding hydrogens is 389 g/mol. The van der Waals surface area contributed by atoms with Crippen molar-refractivity contribution >= 4 is 22.7 Å². The van der Waals surface area contributed by atoms with Gasteiger partial charge in [0, 0.05) is 17.8 Å². The van der Waals surface area contributed by atoms with Crippen LogP contribution < -0.4 is 14.4 Å². The zero-order chi connectivity index (χ0) is 21.3. The predicted molar refractivity (Wildman–Crippen MR) is 101 cm³/mol. The number of fused-ring (bicyclic) bond motifs is 1. The molecule has 3 rings (SSSR count). The highest BCUT2D eigenvalue weighted by molar-refractivity contribution is 5.99. The summed E-state index contributed by atoms with van der Waals surface area (Å²) in [7, 11) is 3.02. The van der Waals surface area contributed by atoms with Crippen LogP contribution in [0.5, 0.6) is 11.5 Å². The van der Waals surface area contributed by atoms with E-state index in [0.717, 1.165) is 0 Å². The summed E-state index contributed by atoms with van der Waals surface area (Å²) >= 11 is 0. The number of oxazole rings is 1. The Kier molecular flexibility index (Phi) is 5.41. The molecule has 0 aliphatic heterocycles. The molecule has 0 aliphatic carbocycles. The fraction of sp³-hybridized carbons (Fsp3) is 0.300. The van der Waals surface area contributed by atoms with Gasteiger partial charge in [0.25, 0.3) is 0 Å². The van der Waals surface area contributed by atoms with E-state index in [-0.39, 0.29) is 18.1 Å². The van der Waals surface area contributed by atoms with Crippen molar-refractivity contribution in [3.05, 3.63) is 35.9 Å². The van der Waals surface area contributed by atoms with Gasteiger partial charge in [0.15, 0.2) is 17.1 Å². The van der Waals surface area contributed by atoms with E-state index in [1.807, 2.05) is 0 Å². The summed E-state index contributed by atoms with van der Waals surface area (Å²) in [6.07, 6.45) is -4.96. The Morgan fingerprint density at radius 1 is 1.14 bits per heavy atom. The van der Waals surface area contributed by atoms with Gasteiger partial charge in [0.1, 0.15) is 5.52 Å². The molecule has 3 aromatic rings. The number of anilines is 1. The van der Waals surface area contributed by atoms with E-state index in [1.165, 1.54) is 33.3 Å². The van der Waals surface area contributed by atoms with Gasteiger partial charge in [-0.15, -0.1) is 0 Å². The van der Waals surface area contributed by atoms with Crippen molar-refractivity contribution in [3.8, 4) is 23.0 Å². The van der Waals surface area contributed by atoms with Gasteiger partial charge in [-0.3, -0.25) is 4.79 Å². The van der Waals surface area contributed by atoms with Gasteiger partial charge in [-0.1, -0.05) is 0 Å². The van der Waals surface area contributed by atoms with E-state index >= 15 is 0 Å². The number of benzene rings is 2. The monoisotopic (exact) mass is 408 g/mol. The first-order chi connectivity index (χ1) is 13.7. The number of methoxy groups -OCH3 is 2. The van der Waals surface area contributed by atoms with Crippen LogP contribution >= 0.6 is 0 Å². The van der Waals surface area contributed by atoms with Gasteiger partial charge in [-0.05, 0) is 49.7 Å². The second-order valence-corrected chi connectivity index (χ2v) is 6.25. The molecule has 0 saturated heterocycles. The van der Waals surface area contributed by atoms with Crippen molar-refractivity contribution in [1.82, 2.24) is 4.98 Å². The molecule has 9 heteroatoms. The third-order valence-corrected chi connectivity index (χ3v) is 4.41. The minimum atomic E-state index is -4.96. The second-order valence-electron chi connectivity index (χ2n) is 6.25. The van der Waals surface area contributed by atoms with Crippen LogP contribution in [0.2, 0.25) is 0 Å². The van der Waals surface area contributed by atoms with Crippen LogP contribution in [0.1, 0.15) is 12.5 Å². The third-order valence-electron chi connectivity index (χ3n) is 4.41. The topological polar surface area (TPSA) is 64.8 Å². The number of alkyl halides is 3. The molecule has 0 saturated carbocycles. The Morgan fingerprint density at radius 2 is 1.83 bits per heavy atom. The zero-order valence-corrected chi connectivity index (χ0v) is 16.3. The number of aryl methyl sites for hydroxylation is 1. The third kappa shape index (κ3) is 3.85. The lowest BCUT2D eigenvalue weighted by atomic mass is 10.1. The van der Waals surface area contributed by atoms with Gasteiger partial charge in [-0.25, -0.2) is 4.98 Å². The number of rotatable bonds is 5. The molecule has 29 heavy (non-hydrogen) atoms. The average molecular weight is 408 g/mol. The number of hydrogen-bond donors (Lipinski definition) is 0. The van der Waals surface area contributed by atoms with E-state index < -0.39 is 12.1 Å².